The minimum Gasteiger partial charge on any atom is -0.411 e. The van der Waals surface area contributed by atoms with Gasteiger partial charge in [0.2, 0.25) is 5.89 Å². The lowest BCUT2D eigenvalue weighted by molar-refractivity contribution is -0.116. The van der Waals surface area contributed by atoms with Gasteiger partial charge in [-0.3, -0.25) is 4.79 Å². The number of hydrogen-bond donors (Lipinski definition) is 0. The van der Waals surface area contributed by atoms with Crippen molar-refractivity contribution in [2.75, 3.05) is 5.75 Å². The number of hydrogen-bond acceptors (Lipinski definition) is 5. The van der Waals surface area contributed by atoms with Crippen molar-refractivity contribution in [3.8, 4) is 11.5 Å². The molecule has 0 aliphatic heterocycles. The van der Waals surface area contributed by atoms with Crippen molar-refractivity contribution in [2.45, 2.75) is 25.5 Å². The smallest absolute Gasteiger partial charge is 0.276 e. The summed E-state index contributed by atoms with van der Waals surface area (Å²) in [5.41, 5.74) is 1.79. The van der Waals surface area contributed by atoms with Gasteiger partial charge in [0.15, 0.2) is 0 Å². The van der Waals surface area contributed by atoms with E-state index in [0.717, 1.165) is 11.1 Å². The normalized spacial score (nSPS) is 10.7. The minimum atomic E-state index is 0.147. The van der Waals surface area contributed by atoms with Gasteiger partial charge in [0.25, 0.3) is 5.22 Å². The van der Waals surface area contributed by atoms with Crippen LogP contribution in [0, 0.1) is 6.92 Å². The Hall–Kier alpha value is -1.33. The Bertz CT molecular complexity index is 598. The Balaban J connectivity index is 2.10. The number of aromatic nitrogens is 2. The average Bonchev–Trinajstić information content (AvgIpc) is 2.77. The lowest BCUT2D eigenvalue weighted by Crippen LogP contribution is -1.91. The van der Waals surface area contributed by atoms with Gasteiger partial charge in [0.1, 0.15) is 5.78 Å². The van der Waals surface area contributed by atoms with Gasteiger partial charge in [-0.25, -0.2) is 0 Å². The summed E-state index contributed by atoms with van der Waals surface area (Å²) in [6.45, 7) is 3.53. The highest BCUT2D eigenvalue weighted by Gasteiger charge is 2.12. The predicted octanol–water partition coefficient (Wildman–Crippen LogP) is 3.77. The van der Waals surface area contributed by atoms with Gasteiger partial charge in [0, 0.05) is 12.2 Å². The van der Waals surface area contributed by atoms with E-state index in [-0.39, 0.29) is 5.78 Å². The van der Waals surface area contributed by atoms with E-state index in [2.05, 4.69) is 10.2 Å². The number of thioether (sulfide) groups is 1. The van der Waals surface area contributed by atoms with E-state index < -0.39 is 0 Å². The van der Waals surface area contributed by atoms with Gasteiger partial charge in [-0.05, 0) is 31.5 Å². The van der Waals surface area contributed by atoms with Gasteiger partial charge >= 0.3 is 0 Å². The average molecular weight is 297 g/mol. The Labute approximate surface area is 120 Å². The number of carbonyl (C=O) groups excluding carboxylic acids is 1. The monoisotopic (exact) mass is 296 g/mol. The number of Topliss-reactive ketones (excluding diaryl/α,β-unsaturated/α-hetero) is 1. The number of aryl methyl sites for hydroxylation is 1. The van der Waals surface area contributed by atoms with Crippen LogP contribution >= 0.6 is 23.4 Å². The largest absolute Gasteiger partial charge is 0.411 e. The molecule has 1 heterocycles. The molecule has 1 aromatic heterocycles. The van der Waals surface area contributed by atoms with Crippen molar-refractivity contribution in [1.82, 2.24) is 10.2 Å². The lowest BCUT2D eigenvalue weighted by atomic mass is 10.1. The molecule has 0 fully saturated rings. The van der Waals surface area contributed by atoms with E-state index in [0.29, 0.717) is 28.3 Å². The van der Waals surface area contributed by atoms with Crippen LogP contribution in [0.1, 0.15) is 18.9 Å². The third-order valence-electron chi connectivity index (χ3n) is 2.44. The summed E-state index contributed by atoms with van der Waals surface area (Å²) in [4.78, 5) is 10.8. The maximum atomic E-state index is 10.8. The number of benzene rings is 1. The number of ketones is 1. The fraction of sp³-hybridized carbons (Fsp3) is 0.308. The highest BCUT2D eigenvalue weighted by molar-refractivity contribution is 7.99. The summed E-state index contributed by atoms with van der Waals surface area (Å²) in [6, 6.07) is 5.65. The zero-order valence-corrected chi connectivity index (χ0v) is 12.2. The molecule has 0 saturated heterocycles. The molecule has 1 aromatic carbocycles. The summed E-state index contributed by atoms with van der Waals surface area (Å²) >= 11 is 7.51. The molecule has 2 aromatic rings. The first-order valence-corrected chi connectivity index (χ1v) is 7.15. The van der Waals surface area contributed by atoms with Crippen LogP contribution in [0.15, 0.2) is 27.8 Å². The Morgan fingerprint density at radius 3 is 2.89 bits per heavy atom. The van der Waals surface area contributed by atoms with Crippen LogP contribution in [0.2, 0.25) is 5.02 Å². The second kappa shape index (κ2) is 6.21. The number of nitrogens with zero attached hydrogens (tertiary/aromatic N) is 2. The molecule has 0 bridgehead atoms. The predicted molar refractivity (Wildman–Crippen MR) is 75.5 cm³/mol. The van der Waals surface area contributed by atoms with Gasteiger partial charge in [-0.1, -0.05) is 29.4 Å². The molecule has 100 valence electrons. The molecule has 6 heteroatoms. The molecular weight excluding hydrogens is 284 g/mol. The van der Waals surface area contributed by atoms with Gasteiger partial charge in [-0.15, -0.1) is 10.2 Å². The summed E-state index contributed by atoms with van der Waals surface area (Å²) in [5, 5.41) is 8.94. The molecule has 0 amide bonds. The summed E-state index contributed by atoms with van der Waals surface area (Å²) < 4.78 is 5.52. The molecule has 0 N–H and O–H groups in total. The van der Waals surface area contributed by atoms with E-state index in [1.807, 2.05) is 25.1 Å². The summed E-state index contributed by atoms with van der Waals surface area (Å²) in [5.74, 6) is 1.18. The molecule has 0 aliphatic carbocycles. The third-order valence-corrected chi connectivity index (χ3v) is 3.57. The second-order valence-corrected chi connectivity index (χ2v) is 5.61. The van der Waals surface area contributed by atoms with Gasteiger partial charge in [0.05, 0.1) is 10.6 Å². The molecular formula is C13H13ClN2O2S. The van der Waals surface area contributed by atoms with Crippen LogP contribution in [0.5, 0.6) is 0 Å². The van der Waals surface area contributed by atoms with Crippen molar-refractivity contribution in [1.29, 1.82) is 0 Å². The molecule has 0 spiro atoms. The summed E-state index contributed by atoms with van der Waals surface area (Å²) in [7, 11) is 0. The highest BCUT2D eigenvalue weighted by Crippen LogP contribution is 2.29. The van der Waals surface area contributed by atoms with Crippen molar-refractivity contribution in [2.24, 2.45) is 0 Å². The van der Waals surface area contributed by atoms with Crippen molar-refractivity contribution in [3.63, 3.8) is 0 Å². The molecule has 0 aliphatic rings. The fourth-order valence-electron chi connectivity index (χ4n) is 1.45. The zero-order valence-electron chi connectivity index (χ0n) is 10.6. The van der Waals surface area contributed by atoms with Crippen LogP contribution in [-0.4, -0.2) is 21.7 Å². The Morgan fingerprint density at radius 1 is 1.42 bits per heavy atom. The van der Waals surface area contributed by atoms with Crippen LogP contribution in [0.4, 0.5) is 0 Å². The SMILES string of the molecule is CC(=O)CCSc1nnc(-c2ccc(C)cc2Cl)o1. The van der Waals surface area contributed by atoms with E-state index in [1.54, 1.807) is 6.92 Å². The first-order valence-electron chi connectivity index (χ1n) is 5.78. The van der Waals surface area contributed by atoms with E-state index in [1.165, 1.54) is 11.8 Å². The molecule has 19 heavy (non-hydrogen) atoms. The standard InChI is InChI=1S/C13H13ClN2O2S/c1-8-3-4-10(11(14)7-8)12-15-16-13(18-12)19-6-5-9(2)17/h3-4,7H,5-6H2,1-2H3. The van der Waals surface area contributed by atoms with Crippen molar-refractivity contribution < 1.29 is 9.21 Å². The van der Waals surface area contributed by atoms with Crippen LogP contribution in [-0.2, 0) is 4.79 Å². The number of rotatable bonds is 5. The molecule has 0 saturated carbocycles. The zero-order chi connectivity index (χ0) is 13.8. The van der Waals surface area contributed by atoms with Crippen LogP contribution < -0.4 is 0 Å². The van der Waals surface area contributed by atoms with E-state index >= 15 is 0 Å². The summed E-state index contributed by atoms with van der Waals surface area (Å²) in [6.07, 6.45) is 0.494. The van der Waals surface area contributed by atoms with Gasteiger partial charge < -0.3 is 4.42 Å². The molecule has 4 nitrogen and oxygen atoms in total. The topological polar surface area (TPSA) is 56.0 Å². The quantitative estimate of drug-likeness (QED) is 0.786. The number of halogens is 1. The van der Waals surface area contributed by atoms with E-state index in [4.69, 9.17) is 16.0 Å². The maximum absolute atomic E-state index is 10.8. The van der Waals surface area contributed by atoms with Crippen LogP contribution in [0.25, 0.3) is 11.5 Å². The molecule has 2 rings (SSSR count). The van der Waals surface area contributed by atoms with E-state index in [9.17, 15) is 4.79 Å². The Morgan fingerprint density at radius 2 is 2.21 bits per heavy atom. The van der Waals surface area contributed by atoms with Gasteiger partial charge in [-0.2, -0.15) is 0 Å². The fourth-order valence-corrected chi connectivity index (χ4v) is 2.57. The van der Waals surface area contributed by atoms with Crippen molar-refractivity contribution >= 4 is 29.1 Å². The second-order valence-electron chi connectivity index (χ2n) is 4.16. The minimum absolute atomic E-state index is 0.147. The molecule has 0 atom stereocenters. The first-order chi connectivity index (χ1) is 9.06. The third kappa shape index (κ3) is 3.81. The first kappa shape index (κ1) is 14.1. The Kier molecular flexibility index (Phi) is 4.61. The maximum Gasteiger partial charge on any atom is 0.276 e. The van der Waals surface area contributed by atoms with Crippen molar-refractivity contribution in [3.05, 3.63) is 28.8 Å². The molecule has 0 unspecified atom stereocenters. The number of carbonyl (C=O) groups is 1. The highest BCUT2D eigenvalue weighted by atomic mass is 35.5. The molecule has 0 radical (unpaired) electrons. The van der Waals surface area contributed by atoms with Crippen LogP contribution in [0.3, 0.4) is 0 Å². The lowest BCUT2D eigenvalue weighted by Gasteiger charge is -1.99.